The zero-order valence-corrected chi connectivity index (χ0v) is 24.8. The molecular weight excluding hydrogens is 578 g/mol. The van der Waals surface area contributed by atoms with Crippen molar-refractivity contribution < 1.29 is 14.6 Å². The number of hydrogen-bond acceptors (Lipinski definition) is 4. The molecule has 0 aromatic heterocycles. The fourth-order valence-corrected chi connectivity index (χ4v) is 6.05. The summed E-state index contributed by atoms with van der Waals surface area (Å²) in [6, 6.07) is 49.7. The van der Waals surface area contributed by atoms with Crippen molar-refractivity contribution in [2.45, 2.75) is 0 Å². The van der Waals surface area contributed by atoms with E-state index in [-0.39, 0.29) is 5.75 Å². The zero-order valence-electron chi connectivity index (χ0n) is 24.0. The second-order valence-electron chi connectivity index (χ2n) is 10.9. The van der Waals surface area contributed by atoms with Gasteiger partial charge in [-0.05, 0) is 88.1 Å². The fourth-order valence-electron chi connectivity index (χ4n) is 5.93. The van der Waals surface area contributed by atoms with E-state index in [2.05, 4.69) is 41.3 Å². The van der Waals surface area contributed by atoms with Crippen LogP contribution in [-0.2, 0) is 0 Å². The molecule has 45 heavy (non-hydrogen) atoms. The average Bonchev–Trinajstić information content (AvgIpc) is 3.08. The Labute approximate surface area is 265 Å². The predicted molar refractivity (Wildman–Crippen MR) is 183 cm³/mol. The van der Waals surface area contributed by atoms with E-state index in [4.69, 9.17) is 21.1 Å². The number of para-hydroxylation sites is 3. The molecule has 0 radical (unpaired) electrons. The topological polar surface area (TPSA) is 41.9 Å². The highest BCUT2D eigenvalue weighted by atomic mass is 35.5. The van der Waals surface area contributed by atoms with Gasteiger partial charge in [0.05, 0.1) is 11.4 Å². The van der Waals surface area contributed by atoms with Gasteiger partial charge in [0.2, 0.25) is 0 Å². The molecule has 0 fully saturated rings. The maximum Gasteiger partial charge on any atom is 0.172 e. The summed E-state index contributed by atoms with van der Waals surface area (Å²) >= 11 is 6.30. The Hall–Kier alpha value is -5.71. The molecule has 0 amide bonds. The number of fused-ring (bicyclic) bond motifs is 3. The number of anilines is 3. The highest BCUT2D eigenvalue weighted by Gasteiger charge is 2.23. The summed E-state index contributed by atoms with van der Waals surface area (Å²) in [6.45, 7) is 0. The van der Waals surface area contributed by atoms with E-state index in [0.717, 1.165) is 50.1 Å². The van der Waals surface area contributed by atoms with E-state index in [0.29, 0.717) is 28.0 Å². The minimum absolute atomic E-state index is 0.167. The van der Waals surface area contributed by atoms with Gasteiger partial charge in [-0.25, -0.2) is 0 Å². The van der Waals surface area contributed by atoms with Crippen molar-refractivity contribution in [2.75, 3.05) is 4.90 Å². The first-order valence-electron chi connectivity index (χ1n) is 14.7. The third kappa shape index (κ3) is 5.01. The lowest BCUT2D eigenvalue weighted by Gasteiger charge is -2.29. The second kappa shape index (κ2) is 11.1. The Kier molecular flexibility index (Phi) is 6.63. The Morgan fingerprint density at radius 3 is 1.89 bits per heavy atom. The highest BCUT2D eigenvalue weighted by Crippen LogP contribution is 2.50. The van der Waals surface area contributed by atoms with Crippen LogP contribution in [0.5, 0.6) is 28.7 Å². The van der Waals surface area contributed by atoms with Gasteiger partial charge in [0.25, 0.3) is 0 Å². The molecule has 5 heteroatoms. The Morgan fingerprint density at radius 1 is 0.467 bits per heavy atom. The molecule has 0 saturated carbocycles. The normalized spacial score (nSPS) is 11.7. The van der Waals surface area contributed by atoms with Crippen LogP contribution in [0.2, 0.25) is 5.02 Å². The van der Waals surface area contributed by atoms with Crippen LogP contribution >= 0.6 is 11.6 Å². The van der Waals surface area contributed by atoms with Gasteiger partial charge in [0.15, 0.2) is 23.0 Å². The van der Waals surface area contributed by atoms with E-state index >= 15 is 0 Å². The lowest BCUT2D eigenvalue weighted by Crippen LogP contribution is -2.11. The van der Waals surface area contributed by atoms with Gasteiger partial charge in [0.1, 0.15) is 5.75 Å². The molecule has 8 rings (SSSR count). The zero-order chi connectivity index (χ0) is 30.3. The summed E-state index contributed by atoms with van der Waals surface area (Å²) < 4.78 is 12.4. The molecule has 1 aliphatic rings. The van der Waals surface area contributed by atoms with Crippen molar-refractivity contribution in [2.24, 2.45) is 0 Å². The van der Waals surface area contributed by atoms with E-state index in [1.165, 1.54) is 0 Å². The van der Waals surface area contributed by atoms with Crippen LogP contribution in [0.25, 0.3) is 33.0 Å². The number of nitrogens with zero attached hydrogens (tertiary/aromatic N) is 1. The van der Waals surface area contributed by atoms with Crippen LogP contribution in [0.1, 0.15) is 0 Å². The predicted octanol–water partition coefficient (Wildman–Crippen LogP) is 11.9. The van der Waals surface area contributed by atoms with Crippen LogP contribution in [0, 0.1) is 0 Å². The van der Waals surface area contributed by atoms with Crippen molar-refractivity contribution in [1.82, 2.24) is 0 Å². The maximum atomic E-state index is 11.9. The minimum Gasteiger partial charge on any atom is -0.507 e. The fraction of sp³-hybridized carbons (Fsp3) is 0. The standard InChI is InChI=1S/C40H26ClNO3/c41-30-18-16-27(17-19-30)34-23-33(24-35(43)40(34)29-15-14-26-8-4-5-9-28(26)22-29)42(31-10-2-1-3-11-31)32-20-21-38-39(25-32)45-37-13-7-6-12-36(37)44-38/h1-25,43H. The molecule has 0 aliphatic carbocycles. The van der Waals surface area contributed by atoms with Crippen LogP contribution in [0.4, 0.5) is 17.1 Å². The van der Waals surface area contributed by atoms with Crippen LogP contribution in [-0.4, -0.2) is 5.11 Å². The van der Waals surface area contributed by atoms with Gasteiger partial charge in [-0.1, -0.05) is 90.5 Å². The number of hydrogen-bond donors (Lipinski definition) is 1. The Balaban J connectivity index is 1.32. The average molecular weight is 604 g/mol. The molecule has 0 unspecified atom stereocenters. The van der Waals surface area contributed by atoms with Crippen LogP contribution in [0.3, 0.4) is 0 Å². The van der Waals surface area contributed by atoms with Gasteiger partial charge in [-0.15, -0.1) is 0 Å². The van der Waals surface area contributed by atoms with Gasteiger partial charge in [-0.2, -0.15) is 0 Å². The van der Waals surface area contributed by atoms with Crippen molar-refractivity contribution >= 4 is 39.4 Å². The van der Waals surface area contributed by atoms with Gasteiger partial charge >= 0.3 is 0 Å². The summed E-state index contributed by atoms with van der Waals surface area (Å²) in [7, 11) is 0. The molecule has 0 atom stereocenters. The second-order valence-corrected chi connectivity index (χ2v) is 11.3. The molecular formula is C40H26ClNO3. The molecule has 1 aliphatic heterocycles. The largest absolute Gasteiger partial charge is 0.507 e. The highest BCUT2D eigenvalue weighted by molar-refractivity contribution is 6.30. The third-order valence-electron chi connectivity index (χ3n) is 8.04. The van der Waals surface area contributed by atoms with Gasteiger partial charge in [0, 0.05) is 28.4 Å². The van der Waals surface area contributed by atoms with Crippen molar-refractivity contribution in [3.63, 3.8) is 0 Å². The first kappa shape index (κ1) is 26.9. The summed E-state index contributed by atoms with van der Waals surface area (Å²) in [5.74, 6) is 2.76. The first-order valence-corrected chi connectivity index (χ1v) is 15.0. The van der Waals surface area contributed by atoms with Gasteiger partial charge < -0.3 is 19.5 Å². The monoisotopic (exact) mass is 603 g/mol. The third-order valence-corrected chi connectivity index (χ3v) is 8.29. The number of aromatic hydroxyl groups is 1. The minimum atomic E-state index is 0.167. The Morgan fingerprint density at radius 2 is 1.11 bits per heavy atom. The summed E-state index contributed by atoms with van der Waals surface area (Å²) in [5, 5.41) is 14.8. The molecule has 0 bridgehead atoms. The summed E-state index contributed by atoms with van der Waals surface area (Å²) in [6.07, 6.45) is 0. The molecule has 7 aromatic rings. The summed E-state index contributed by atoms with van der Waals surface area (Å²) in [5.41, 5.74) is 6.05. The molecule has 0 saturated heterocycles. The maximum absolute atomic E-state index is 11.9. The molecule has 1 heterocycles. The number of benzene rings is 7. The van der Waals surface area contributed by atoms with Crippen molar-refractivity contribution in [1.29, 1.82) is 0 Å². The molecule has 7 aromatic carbocycles. The molecule has 0 spiro atoms. The number of phenolic OH excluding ortho intramolecular Hbond substituents is 1. The van der Waals surface area contributed by atoms with Crippen molar-refractivity contribution in [3.8, 4) is 51.0 Å². The first-order chi connectivity index (χ1) is 22.1. The number of rotatable bonds is 5. The van der Waals surface area contributed by atoms with E-state index in [9.17, 15) is 5.11 Å². The van der Waals surface area contributed by atoms with E-state index in [1.807, 2.05) is 115 Å². The van der Waals surface area contributed by atoms with Crippen molar-refractivity contribution in [3.05, 3.63) is 157 Å². The lowest BCUT2D eigenvalue weighted by atomic mass is 9.91. The van der Waals surface area contributed by atoms with Gasteiger partial charge in [-0.3, -0.25) is 0 Å². The van der Waals surface area contributed by atoms with Crippen LogP contribution in [0.15, 0.2) is 152 Å². The van der Waals surface area contributed by atoms with Crippen LogP contribution < -0.4 is 14.4 Å². The van der Waals surface area contributed by atoms with E-state index in [1.54, 1.807) is 0 Å². The Bertz CT molecular complexity index is 2200. The summed E-state index contributed by atoms with van der Waals surface area (Å²) in [4.78, 5) is 2.10. The molecule has 4 nitrogen and oxygen atoms in total. The smallest absolute Gasteiger partial charge is 0.172 e. The number of halogens is 1. The number of ether oxygens (including phenoxy) is 2. The SMILES string of the molecule is Oc1cc(N(c2ccccc2)c2ccc3c(c2)Oc2ccccc2O3)cc(-c2ccc(Cl)cc2)c1-c1ccc2ccccc2c1. The van der Waals surface area contributed by atoms with E-state index < -0.39 is 0 Å². The quantitative estimate of drug-likeness (QED) is 0.212. The molecule has 216 valence electrons. The lowest BCUT2D eigenvalue weighted by molar-refractivity contribution is 0.360. The number of phenols is 1. The molecule has 1 N–H and O–H groups in total.